The van der Waals surface area contributed by atoms with Gasteiger partial charge in [0.1, 0.15) is 11.5 Å². The van der Waals surface area contributed by atoms with E-state index in [0.29, 0.717) is 19.0 Å². The molecule has 0 bridgehead atoms. The Kier molecular flexibility index (Phi) is 4.06. The van der Waals surface area contributed by atoms with E-state index >= 15 is 0 Å². The number of benzene rings is 1. The highest BCUT2D eigenvalue weighted by Gasteiger charge is 2.21. The summed E-state index contributed by atoms with van der Waals surface area (Å²) in [7, 11) is 0. The van der Waals surface area contributed by atoms with Crippen molar-refractivity contribution >= 4 is 22.7 Å². The van der Waals surface area contributed by atoms with Crippen LogP contribution in [0.15, 0.2) is 29.6 Å². The van der Waals surface area contributed by atoms with E-state index < -0.39 is 22.2 Å². The topological polar surface area (TPSA) is 55.2 Å². The number of anilines is 1. The molecule has 2 aromatic rings. The summed E-state index contributed by atoms with van der Waals surface area (Å²) >= 11 is 1.55. The van der Waals surface area contributed by atoms with E-state index in [1.165, 1.54) is 0 Å². The third-order valence-electron chi connectivity index (χ3n) is 2.48. The van der Waals surface area contributed by atoms with Gasteiger partial charge in [0.25, 0.3) is 0 Å². The van der Waals surface area contributed by atoms with E-state index in [1.807, 2.05) is 17.5 Å². The van der Waals surface area contributed by atoms with Crippen molar-refractivity contribution in [1.29, 1.82) is 0 Å². The molecule has 0 aliphatic rings. The Bertz CT molecular complexity index is 588. The fourth-order valence-corrected chi connectivity index (χ4v) is 2.37. The van der Waals surface area contributed by atoms with E-state index in [0.717, 1.165) is 10.9 Å². The van der Waals surface area contributed by atoms with Crippen LogP contribution in [0.1, 0.15) is 4.88 Å². The highest BCUT2D eigenvalue weighted by molar-refractivity contribution is 7.09. The summed E-state index contributed by atoms with van der Waals surface area (Å²) in [5.41, 5.74) is -0.869. The Labute approximate surface area is 111 Å². The lowest BCUT2D eigenvalue weighted by molar-refractivity contribution is -0.386. The van der Waals surface area contributed by atoms with Crippen LogP contribution in [0.2, 0.25) is 0 Å². The minimum Gasteiger partial charge on any atom is -0.379 e. The van der Waals surface area contributed by atoms with Gasteiger partial charge in [-0.15, -0.1) is 11.3 Å². The number of nitrogens with one attached hydrogen (secondary N) is 1. The zero-order valence-corrected chi connectivity index (χ0v) is 10.5. The highest BCUT2D eigenvalue weighted by atomic mass is 32.1. The van der Waals surface area contributed by atoms with Crippen molar-refractivity contribution in [3.05, 3.63) is 56.3 Å². The van der Waals surface area contributed by atoms with Gasteiger partial charge in [0.15, 0.2) is 0 Å². The second-order valence-electron chi connectivity index (χ2n) is 3.80. The normalized spacial score (nSPS) is 10.4. The van der Waals surface area contributed by atoms with Gasteiger partial charge in [-0.1, -0.05) is 6.07 Å². The first-order chi connectivity index (χ1) is 9.08. The van der Waals surface area contributed by atoms with E-state index in [9.17, 15) is 18.9 Å². The maximum Gasteiger partial charge on any atom is 0.327 e. The summed E-state index contributed by atoms with van der Waals surface area (Å²) in [5.74, 6) is -2.02. The molecule has 0 saturated heterocycles. The second-order valence-corrected chi connectivity index (χ2v) is 4.83. The maximum atomic E-state index is 13.3. The average molecular weight is 284 g/mol. The lowest BCUT2D eigenvalue weighted by Gasteiger charge is -2.07. The Morgan fingerprint density at radius 3 is 2.79 bits per heavy atom. The first-order valence-electron chi connectivity index (χ1n) is 5.47. The first-order valence-corrected chi connectivity index (χ1v) is 6.35. The molecule has 0 radical (unpaired) electrons. The van der Waals surface area contributed by atoms with Crippen LogP contribution in [0.5, 0.6) is 0 Å². The molecule has 0 amide bonds. The lowest BCUT2D eigenvalue weighted by atomic mass is 10.2. The smallest absolute Gasteiger partial charge is 0.327 e. The Morgan fingerprint density at radius 1 is 1.37 bits per heavy atom. The summed E-state index contributed by atoms with van der Waals surface area (Å²) in [6.07, 6.45) is 0.632. The van der Waals surface area contributed by atoms with Crippen molar-refractivity contribution in [2.75, 3.05) is 11.9 Å². The number of nitro benzene ring substituents is 1. The van der Waals surface area contributed by atoms with E-state index in [2.05, 4.69) is 5.32 Å². The molecule has 0 saturated carbocycles. The number of nitrogens with zero attached hydrogens (tertiary/aromatic N) is 1. The zero-order chi connectivity index (χ0) is 13.8. The molecule has 0 unspecified atom stereocenters. The van der Waals surface area contributed by atoms with Crippen LogP contribution in [0.4, 0.5) is 20.2 Å². The average Bonchev–Trinajstić information content (AvgIpc) is 2.80. The largest absolute Gasteiger partial charge is 0.379 e. The molecule has 100 valence electrons. The quantitative estimate of drug-likeness (QED) is 0.674. The number of nitro groups is 1. The fourth-order valence-electron chi connectivity index (χ4n) is 1.66. The summed E-state index contributed by atoms with van der Waals surface area (Å²) in [6, 6.07) is 5.25. The van der Waals surface area contributed by atoms with Crippen molar-refractivity contribution in [3.63, 3.8) is 0 Å². The molecule has 0 atom stereocenters. The molecular weight excluding hydrogens is 274 g/mol. The summed E-state index contributed by atoms with van der Waals surface area (Å²) in [6.45, 7) is 0.365. The van der Waals surface area contributed by atoms with Gasteiger partial charge in [0.05, 0.1) is 4.92 Å². The fraction of sp³-hybridized carbons (Fsp3) is 0.167. The van der Waals surface area contributed by atoms with Gasteiger partial charge in [-0.2, -0.15) is 4.39 Å². The van der Waals surface area contributed by atoms with Crippen LogP contribution in [-0.4, -0.2) is 11.5 Å². The van der Waals surface area contributed by atoms with Crippen molar-refractivity contribution in [3.8, 4) is 0 Å². The number of rotatable bonds is 5. The van der Waals surface area contributed by atoms with Gasteiger partial charge < -0.3 is 5.32 Å². The molecule has 1 heterocycles. The monoisotopic (exact) mass is 284 g/mol. The van der Waals surface area contributed by atoms with Gasteiger partial charge in [-0.25, -0.2) is 4.39 Å². The van der Waals surface area contributed by atoms with Crippen molar-refractivity contribution in [1.82, 2.24) is 0 Å². The van der Waals surface area contributed by atoms with Crippen LogP contribution in [0.25, 0.3) is 0 Å². The zero-order valence-electron chi connectivity index (χ0n) is 9.73. The van der Waals surface area contributed by atoms with Gasteiger partial charge in [0, 0.05) is 23.6 Å². The molecule has 0 spiro atoms. The number of halogens is 2. The van der Waals surface area contributed by atoms with Gasteiger partial charge >= 0.3 is 5.69 Å². The molecule has 1 aromatic carbocycles. The third kappa shape index (κ3) is 3.25. The number of hydrogen-bond acceptors (Lipinski definition) is 4. The van der Waals surface area contributed by atoms with Crippen molar-refractivity contribution in [2.45, 2.75) is 6.42 Å². The lowest BCUT2D eigenvalue weighted by Crippen LogP contribution is -2.08. The van der Waals surface area contributed by atoms with E-state index in [1.54, 1.807) is 11.3 Å². The predicted molar refractivity (Wildman–Crippen MR) is 69.5 cm³/mol. The third-order valence-corrected chi connectivity index (χ3v) is 3.41. The van der Waals surface area contributed by atoms with E-state index in [-0.39, 0.29) is 5.69 Å². The molecule has 1 N–H and O–H groups in total. The van der Waals surface area contributed by atoms with Crippen LogP contribution in [0, 0.1) is 21.7 Å². The number of thiophene rings is 1. The van der Waals surface area contributed by atoms with Crippen LogP contribution >= 0.6 is 11.3 Å². The first kappa shape index (κ1) is 13.4. The molecule has 19 heavy (non-hydrogen) atoms. The van der Waals surface area contributed by atoms with Gasteiger partial charge in [-0.3, -0.25) is 10.1 Å². The molecule has 7 heteroatoms. The molecule has 0 aliphatic heterocycles. The Balaban J connectivity index is 2.12. The minimum absolute atomic E-state index is 0.140. The molecule has 2 rings (SSSR count). The molecule has 0 aliphatic carbocycles. The molecular formula is C12H10F2N2O2S. The second kappa shape index (κ2) is 5.75. The minimum atomic E-state index is -1.18. The van der Waals surface area contributed by atoms with Crippen LogP contribution < -0.4 is 5.32 Å². The molecule has 1 aromatic heterocycles. The SMILES string of the molecule is O=[N+]([O-])c1c(F)cc(F)cc1NCCc1cccs1. The summed E-state index contributed by atoms with van der Waals surface area (Å²) in [5, 5.41) is 15.4. The molecule has 4 nitrogen and oxygen atoms in total. The van der Waals surface area contributed by atoms with Crippen LogP contribution in [0.3, 0.4) is 0 Å². The summed E-state index contributed by atoms with van der Waals surface area (Å²) < 4.78 is 26.4. The summed E-state index contributed by atoms with van der Waals surface area (Å²) in [4.78, 5) is 11.0. The molecule has 0 fully saturated rings. The highest BCUT2D eigenvalue weighted by Crippen LogP contribution is 2.28. The van der Waals surface area contributed by atoms with Crippen molar-refractivity contribution in [2.24, 2.45) is 0 Å². The number of hydrogen-bond donors (Lipinski definition) is 1. The van der Waals surface area contributed by atoms with Gasteiger partial charge in [-0.05, 0) is 17.9 Å². The Morgan fingerprint density at radius 2 is 2.16 bits per heavy atom. The standard InChI is InChI=1S/C12H10F2N2O2S/c13-8-6-10(14)12(16(17)18)11(7-8)15-4-3-9-2-1-5-19-9/h1-2,5-7,15H,3-4H2. The Hall–Kier alpha value is -2.02. The van der Waals surface area contributed by atoms with Gasteiger partial charge in [0.2, 0.25) is 5.82 Å². The van der Waals surface area contributed by atoms with Crippen LogP contribution in [-0.2, 0) is 6.42 Å². The maximum absolute atomic E-state index is 13.3. The predicted octanol–water partition coefficient (Wildman–Crippen LogP) is 3.59. The van der Waals surface area contributed by atoms with E-state index in [4.69, 9.17) is 0 Å². The van der Waals surface area contributed by atoms with Crippen molar-refractivity contribution < 1.29 is 13.7 Å².